The SMILES string of the molecule is O=C(c1ccc(OCCN2CCCCC2)cc1)N1CC[C@H](O)[C@@H](n2ccc(=O)[nH]c2=O)CC1. The Morgan fingerprint density at radius 2 is 1.73 bits per heavy atom. The van der Waals surface area contributed by atoms with E-state index in [1.165, 1.54) is 36.1 Å². The van der Waals surface area contributed by atoms with E-state index < -0.39 is 23.4 Å². The molecule has 1 amide bonds. The largest absolute Gasteiger partial charge is 0.492 e. The highest BCUT2D eigenvalue weighted by Gasteiger charge is 2.29. The molecule has 2 N–H and O–H groups in total. The number of nitrogens with zero attached hydrogens (tertiary/aromatic N) is 3. The molecule has 2 aliphatic heterocycles. The minimum Gasteiger partial charge on any atom is -0.492 e. The monoisotopic (exact) mass is 456 g/mol. The number of likely N-dealkylation sites (tertiary alicyclic amines) is 2. The fraction of sp³-hybridized carbons (Fsp3) is 0.542. The lowest BCUT2D eigenvalue weighted by molar-refractivity contribution is 0.0751. The summed E-state index contributed by atoms with van der Waals surface area (Å²) < 4.78 is 7.19. The quantitative estimate of drug-likeness (QED) is 0.677. The molecule has 0 bridgehead atoms. The Morgan fingerprint density at radius 3 is 2.45 bits per heavy atom. The zero-order valence-corrected chi connectivity index (χ0v) is 18.8. The van der Waals surface area contributed by atoms with Crippen molar-refractivity contribution >= 4 is 5.91 Å². The average Bonchev–Trinajstić information content (AvgIpc) is 3.01. The van der Waals surface area contributed by atoms with E-state index in [0.29, 0.717) is 38.1 Å². The van der Waals surface area contributed by atoms with Crippen LogP contribution in [0.25, 0.3) is 0 Å². The molecule has 3 heterocycles. The summed E-state index contributed by atoms with van der Waals surface area (Å²) in [6, 6.07) is 7.94. The molecule has 0 saturated carbocycles. The van der Waals surface area contributed by atoms with Gasteiger partial charge in [-0.05, 0) is 63.0 Å². The number of piperidine rings is 1. The summed E-state index contributed by atoms with van der Waals surface area (Å²) in [4.78, 5) is 42.8. The standard InChI is InChI=1S/C24H32N4O5/c29-21-9-14-27(13-8-20(21)28-15-10-22(30)25-24(28)32)23(31)18-4-6-19(7-5-18)33-17-16-26-11-2-1-3-12-26/h4-7,10,15,20-21,29H,1-3,8-9,11-14,16-17H2,(H,25,30,32)/t20-,21-/m0/s1. The zero-order chi connectivity index (χ0) is 23.2. The first-order valence-corrected chi connectivity index (χ1v) is 11.8. The molecular formula is C24H32N4O5. The van der Waals surface area contributed by atoms with Gasteiger partial charge in [-0.3, -0.25) is 24.0 Å². The molecule has 0 aliphatic carbocycles. The number of rotatable bonds is 6. The van der Waals surface area contributed by atoms with Gasteiger partial charge in [0.2, 0.25) is 0 Å². The molecule has 0 spiro atoms. The summed E-state index contributed by atoms with van der Waals surface area (Å²) >= 11 is 0. The number of carbonyl (C=O) groups is 1. The van der Waals surface area contributed by atoms with Crippen LogP contribution in [0.2, 0.25) is 0 Å². The van der Waals surface area contributed by atoms with Gasteiger partial charge in [-0.2, -0.15) is 0 Å². The Balaban J connectivity index is 1.33. The van der Waals surface area contributed by atoms with Gasteiger partial charge in [-0.25, -0.2) is 4.79 Å². The number of aliphatic hydroxyl groups excluding tert-OH is 1. The first kappa shape index (κ1) is 23.3. The molecule has 9 heteroatoms. The number of nitrogens with one attached hydrogen (secondary N) is 1. The number of hydrogen-bond donors (Lipinski definition) is 2. The lowest BCUT2D eigenvalue weighted by Crippen LogP contribution is -2.36. The van der Waals surface area contributed by atoms with Crippen molar-refractivity contribution < 1.29 is 14.6 Å². The summed E-state index contributed by atoms with van der Waals surface area (Å²) in [5, 5.41) is 10.6. The Bertz CT molecular complexity index is 1040. The highest BCUT2D eigenvalue weighted by molar-refractivity contribution is 5.94. The average molecular weight is 457 g/mol. The van der Waals surface area contributed by atoms with Gasteiger partial charge >= 0.3 is 5.69 Å². The Morgan fingerprint density at radius 1 is 1.00 bits per heavy atom. The van der Waals surface area contributed by atoms with E-state index in [4.69, 9.17) is 4.74 Å². The van der Waals surface area contributed by atoms with Crippen LogP contribution in [0.1, 0.15) is 48.5 Å². The van der Waals surface area contributed by atoms with E-state index in [0.717, 1.165) is 25.4 Å². The number of hydrogen-bond acceptors (Lipinski definition) is 6. The van der Waals surface area contributed by atoms with Gasteiger partial charge in [-0.15, -0.1) is 0 Å². The molecule has 178 valence electrons. The number of ether oxygens (including phenoxy) is 1. The van der Waals surface area contributed by atoms with Crippen LogP contribution in [0.4, 0.5) is 0 Å². The van der Waals surface area contributed by atoms with E-state index in [-0.39, 0.29) is 5.91 Å². The molecule has 1 aromatic heterocycles. The minimum absolute atomic E-state index is 0.114. The lowest BCUT2D eigenvalue weighted by Gasteiger charge is -2.26. The fourth-order valence-corrected chi connectivity index (χ4v) is 4.64. The number of amides is 1. The van der Waals surface area contributed by atoms with Crippen molar-refractivity contribution in [1.82, 2.24) is 19.4 Å². The van der Waals surface area contributed by atoms with Crippen LogP contribution in [0.15, 0.2) is 46.1 Å². The predicted molar refractivity (Wildman–Crippen MR) is 124 cm³/mol. The van der Waals surface area contributed by atoms with Crippen molar-refractivity contribution in [3.05, 3.63) is 62.9 Å². The fourth-order valence-electron chi connectivity index (χ4n) is 4.64. The van der Waals surface area contributed by atoms with E-state index in [9.17, 15) is 19.5 Å². The smallest absolute Gasteiger partial charge is 0.328 e. The maximum atomic E-state index is 13.0. The van der Waals surface area contributed by atoms with Crippen molar-refractivity contribution in [3.63, 3.8) is 0 Å². The maximum Gasteiger partial charge on any atom is 0.328 e. The van der Waals surface area contributed by atoms with Crippen molar-refractivity contribution in [2.75, 3.05) is 39.3 Å². The third-order valence-electron chi connectivity index (χ3n) is 6.56. The van der Waals surface area contributed by atoms with Gasteiger partial charge in [0, 0.05) is 37.5 Å². The van der Waals surface area contributed by atoms with Gasteiger partial charge in [-0.1, -0.05) is 6.42 Å². The molecule has 2 fully saturated rings. The zero-order valence-electron chi connectivity index (χ0n) is 18.8. The molecular weight excluding hydrogens is 424 g/mol. The first-order chi connectivity index (χ1) is 16.0. The molecule has 9 nitrogen and oxygen atoms in total. The Hall–Kier alpha value is -2.91. The molecule has 1 aromatic carbocycles. The molecule has 0 unspecified atom stereocenters. The van der Waals surface area contributed by atoms with Crippen LogP contribution < -0.4 is 16.0 Å². The second-order valence-corrected chi connectivity index (χ2v) is 8.80. The van der Waals surface area contributed by atoms with Gasteiger partial charge in [0.25, 0.3) is 11.5 Å². The Kier molecular flexibility index (Phi) is 7.61. The lowest BCUT2D eigenvalue weighted by atomic mass is 10.1. The molecule has 0 radical (unpaired) electrons. The van der Waals surface area contributed by atoms with Gasteiger partial charge in [0.1, 0.15) is 12.4 Å². The summed E-state index contributed by atoms with van der Waals surface area (Å²) in [7, 11) is 0. The number of aliphatic hydroxyl groups is 1. The summed E-state index contributed by atoms with van der Waals surface area (Å²) in [5.41, 5.74) is -0.468. The summed E-state index contributed by atoms with van der Waals surface area (Å²) in [6.45, 7) is 4.61. The molecule has 2 aromatic rings. The summed E-state index contributed by atoms with van der Waals surface area (Å²) in [6.07, 6.45) is 5.20. The molecule has 2 saturated heterocycles. The van der Waals surface area contributed by atoms with Crippen LogP contribution >= 0.6 is 0 Å². The molecule has 2 aliphatic rings. The highest BCUT2D eigenvalue weighted by Crippen LogP contribution is 2.23. The number of carbonyl (C=O) groups excluding carboxylic acids is 1. The van der Waals surface area contributed by atoms with E-state index in [1.807, 2.05) is 12.1 Å². The van der Waals surface area contributed by atoms with E-state index >= 15 is 0 Å². The third-order valence-corrected chi connectivity index (χ3v) is 6.56. The maximum absolute atomic E-state index is 13.0. The van der Waals surface area contributed by atoms with Gasteiger partial charge in [0.05, 0.1) is 12.1 Å². The van der Waals surface area contributed by atoms with Crippen LogP contribution in [0.3, 0.4) is 0 Å². The topological polar surface area (TPSA) is 108 Å². The molecule has 4 rings (SSSR count). The van der Waals surface area contributed by atoms with Gasteiger partial charge < -0.3 is 14.7 Å². The number of H-pyrrole nitrogens is 1. The Labute approximate surface area is 192 Å². The first-order valence-electron chi connectivity index (χ1n) is 11.8. The van der Waals surface area contributed by atoms with Crippen molar-refractivity contribution in [3.8, 4) is 5.75 Å². The second kappa shape index (κ2) is 10.8. The third kappa shape index (κ3) is 5.91. The highest BCUT2D eigenvalue weighted by atomic mass is 16.5. The normalized spacial score (nSPS) is 22.0. The van der Waals surface area contributed by atoms with Crippen molar-refractivity contribution in [2.24, 2.45) is 0 Å². The van der Waals surface area contributed by atoms with Crippen LogP contribution in [0.5, 0.6) is 5.75 Å². The van der Waals surface area contributed by atoms with E-state index in [2.05, 4.69) is 9.88 Å². The number of aromatic nitrogens is 2. The van der Waals surface area contributed by atoms with Crippen LogP contribution in [0, 0.1) is 0 Å². The minimum atomic E-state index is -0.790. The van der Waals surface area contributed by atoms with Crippen molar-refractivity contribution in [2.45, 2.75) is 44.2 Å². The van der Waals surface area contributed by atoms with Gasteiger partial charge in [0.15, 0.2) is 0 Å². The van der Waals surface area contributed by atoms with Crippen LogP contribution in [-0.2, 0) is 0 Å². The number of benzene rings is 1. The molecule has 33 heavy (non-hydrogen) atoms. The predicted octanol–water partition coefficient (Wildman–Crippen LogP) is 1.24. The summed E-state index contributed by atoms with van der Waals surface area (Å²) in [5.74, 6) is 0.629. The van der Waals surface area contributed by atoms with Crippen molar-refractivity contribution in [1.29, 1.82) is 0 Å². The second-order valence-electron chi connectivity index (χ2n) is 8.80. The van der Waals surface area contributed by atoms with Crippen LogP contribution in [-0.4, -0.2) is 75.8 Å². The van der Waals surface area contributed by atoms with E-state index in [1.54, 1.807) is 17.0 Å². The molecule has 2 atom stereocenters. The number of aromatic amines is 1.